The van der Waals surface area contributed by atoms with E-state index in [1.807, 2.05) is 30.5 Å². The quantitative estimate of drug-likeness (QED) is 0.757. The smallest absolute Gasteiger partial charge is 0.174 e. The molecule has 0 amide bonds. The van der Waals surface area contributed by atoms with E-state index in [0.717, 1.165) is 22.2 Å². The molecular weight excluding hydrogens is 238 g/mol. The summed E-state index contributed by atoms with van der Waals surface area (Å²) in [5, 5.41) is 4.61. The minimum atomic E-state index is 0.407. The molecule has 2 heterocycles. The van der Waals surface area contributed by atoms with Gasteiger partial charge in [-0.15, -0.1) is 0 Å². The van der Waals surface area contributed by atoms with Gasteiger partial charge in [-0.1, -0.05) is 25.1 Å². The zero-order valence-electron chi connectivity index (χ0n) is 10.9. The zero-order valence-corrected chi connectivity index (χ0v) is 10.9. The first-order valence-electron chi connectivity index (χ1n) is 6.26. The highest BCUT2D eigenvalue weighted by atomic mass is 16.5. The Hall–Kier alpha value is -2.36. The van der Waals surface area contributed by atoms with Crippen molar-refractivity contribution in [2.24, 2.45) is 0 Å². The summed E-state index contributed by atoms with van der Waals surface area (Å²) in [4.78, 5) is 4.38. The van der Waals surface area contributed by atoms with Crippen LogP contribution < -0.4 is 5.73 Å². The molecule has 0 aliphatic carbocycles. The fraction of sp³-hybridized carbons (Fsp3) is 0.200. The Morgan fingerprint density at radius 3 is 2.68 bits per heavy atom. The number of aromatic nitrogens is 2. The third kappa shape index (κ3) is 2.05. The van der Waals surface area contributed by atoms with Crippen molar-refractivity contribution >= 4 is 16.8 Å². The van der Waals surface area contributed by atoms with Crippen LogP contribution in [0.3, 0.4) is 0 Å². The van der Waals surface area contributed by atoms with E-state index in [1.165, 1.54) is 0 Å². The van der Waals surface area contributed by atoms with E-state index >= 15 is 0 Å². The van der Waals surface area contributed by atoms with Gasteiger partial charge in [0.05, 0.1) is 5.39 Å². The molecule has 0 bridgehead atoms. The van der Waals surface area contributed by atoms with E-state index in [9.17, 15) is 0 Å². The maximum atomic E-state index is 5.78. The molecule has 4 heteroatoms. The fourth-order valence-corrected chi connectivity index (χ4v) is 2.08. The molecule has 96 valence electrons. The average molecular weight is 253 g/mol. The molecule has 0 unspecified atom stereocenters. The van der Waals surface area contributed by atoms with E-state index in [1.54, 1.807) is 0 Å². The summed E-state index contributed by atoms with van der Waals surface area (Å²) in [7, 11) is 0. The molecule has 0 aliphatic rings. The predicted molar refractivity (Wildman–Crippen MR) is 75.7 cm³/mol. The first kappa shape index (κ1) is 11.7. The normalized spacial score (nSPS) is 11.3. The van der Waals surface area contributed by atoms with Crippen LogP contribution >= 0.6 is 0 Å². The molecule has 0 radical (unpaired) electrons. The molecule has 2 aromatic heterocycles. The maximum Gasteiger partial charge on any atom is 0.174 e. The van der Waals surface area contributed by atoms with Crippen LogP contribution in [0.5, 0.6) is 0 Å². The Bertz CT molecular complexity index is 731. The van der Waals surface area contributed by atoms with Gasteiger partial charge >= 0.3 is 0 Å². The first-order valence-corrected chi connectivity index (χ1v) is 6.26. The molecule has 0 aliphatic heterocycles. The molecule has 3 aromatic rings. The number of nitrogens with two attached hydrogens (primary N) is 1. The lowest BCUT2D eigenvalue weighted by atomic mass is 10.0. The number of pyridine rings is 1. The third-order valence-electron chi connectivity index (χ3n) is 3.20. The molecule has 3 rings (SSSR count). The van der Waals surface area contributed by atoms with Crippen LogP contribution in [0.4, 0.5) is 5.82 Å². The summed E-state index contributed by atoms with van der Waals surface area (Å²) >= 11 is 0. The van der Waals surface area contributed by atoms with Crippen LogP contribution in [-0.2, 0) is 0 Å². The lowest BCUT2D eigenvalue weighted by molar-refractivity contribution is 0.460. The largest absolute Gasteiger partial charge is 0.380 e. The number of fused-ring (bicyclic) bond motifs is 1. The lowest BCUT2D eigenvalue weighted by Gasteiger charge is -2.07. The molecule has 1 aromatic carbocycles. The van der Waals surface area contributed by atoms with E-state index in [-0.39, 0.29) is 0 Å². The molecule has 0 saturated heterocycles. The van der Waals surface area contributed by atoms with Crippen molar-refractivity contribution in [2.75, 3.05) is 5.73 Å². The Morgan fingerprint density at radius 1 is 1.11 bits per heavy atom. The Balaban J connectivity index is 2.13. The van der Waals surface area contributed by atoms with E-state index in [2.05, 4.69) is 30.1 Å². The summed E-state index contributed by atoms with van der Waals surface area (Å²) in [6.45, 7) is 4.26. The van der Waals surface area contributed by atoms with Gasteiger partial charge in [0, 0.05) is 11.9 Å². The first-order chi connectivity index (χ1) is 9.15. The van der Waals surface area contributed by atoms with Gasteiger partial charge in [0.15, 0.2) is 11.4 Å². The Kier molecular flexibility index (Phi) is 2.71. The van der Waals surface area contributed by atoms with Crippen molar-refractivity contribution in [3.63, 3.8) is 0 Å². The number of nitrogen functional groups attached to an aromatic ring is 1. The van der Waals surface area contributed by atoms with Gasteiger partial charge in [0.1, 0.15) is 0 Å². The van der Waals surface area contributed by atoms with Gasteiger partial charge in [-0.05, 0) is 41.3 Å². The van der Waals surface area contributed by atoms with Crippen molar-refractivity contribution in [2.45, 2.75) is 19.8 Å². The second-order valence-corrected chi connectivity index (χ2v) is 4.90. The van der Waals surface area contributed by atoms with Crippen LogP contribution in [0.25, 0.3) is 22.1 Å². The number of hydrogen-bond donors (Lipinski definition) is 1. The number of nitrogens with zero attached hydrogens (tertiary/aromatic N) is 2. The van der Waals surface area contributed by atoms with Crippen LogP contribution in [0.2, 0.25) is 0 Å². The van der Waals surface area contributed by atoms with Crippen molar-refractivity contribution in [1.29, 1.82) is 0 Å². The molecule has 19 heavy (non-hydrogen) atoms. The molecule has 0 fully saturated rings. The summed E-state index contributed by atoms with van der Waals surface area (Å²) in [5.41, 5.74) is 9.79. The van der Waals surface area contributed by atoms with Gasteiger partial charge in [-0.3, -0.25) is 4.98 Å². The standard InChI is InChI=1S/C15H15N3O/c1-9(2)13-8-11(5-6-17-13)10-3-4-14-12(7-10)15(16)18-19-14/h3-9H,1-2H3,(H2,16,18). The van der Waals surface area contributed by atoms with Crippen molar-refractivity contribution in [3.8, 4) is 11.1 Å². The SMILES string of the molecule is CC(C)c1cc(-c2ccc3onc(N)c3c2)ccn1. The monoisotopic (exact) mass is 253 g/mol. The van der Waals surface area contributed by atoms with Crippen molar-refractivity contribution < 1.29 is 4.52 Å². The summed E-state index contributed by atoms with van der Waals surface area (Å²) in [5.74, 6) is 0.833. The highest BCUT2D eigenvalue weighted by Crippen LogP contribution is 2.28. The Morgan fingerprint density at radius 2 is 1.89 bits per heavy atom. The lowest BCUT2D eigenvalue weighted by Crippen LogP contribution is -1.92. The average Bonchev–Trinajstić information content (AvgIpc) is 2.80. The van der Waals surface area contributed by atoms with Crippen molar-refractivity contribution in [1.82, 2.24) is 10.1 Å². The number of hydrogen-bond acceptors (Lipinski definition) is 4. The van der Waals surface area contributed by atoms with Gasteiger partial charge in [-0.2, -0.15) is 0 Å². The predicted octanol–water partition coefficient (Wildman–Crippen LogP) is 3.60. The van der Waals surface area contributed by atoms with Crippen LogP contribution in [0, 0.1) is 0 Å². The minimum absolute atomic E-state index is 0.407. The molecular formula is C15H15N3O. The topological polar surface area (TPSA) is 64.9 Å². The number of rotatable bonds is 2. The summed E-state index contributed by atoms with van der Waals surface area (Å²) < 4.78 is 5.11. The van der Waals surface area contributed by atoms with E-state index in [4.69, 9.17) is 10.3 Å². The fourth-order valence-electron chi connectivity index (χ4n) is 2.08. The number of benzene rings is 1. The summed E-state index contributed by atoms with van der Waals surface area (Å²) in [6.07, 6.45) is 1.84. The highest BCUT2D eigenvalue weighted by molar-refractivity contribution is 5.90. The summed E-state index contributed by atoms with van der Waals surface area (Å²) in [6, 6.07) is 10.0. The molecule has 2 N–H and O–H groups in total. The van der Waals surface area contributed by atoms with E-state index < -0.39 is 0 Å². The number of anilines is 1. The molecule has 0 atom stereocenters. The van der Waals surface area contributed by atoms with Crippen LogP contribution in [-0.4, -0.2) is 10.1 Å². The molecule has 0 saturated carbocycles. The second-order valence-electron chi connectivity index (χ2n) is 4.90. The third-order valence-corrected chi connectivity index (χ3v) is 3.20. The maximum absolute atomic E-state index is 5.78. The van der Waals surface area contributed by atoms with Crippen molar-refractivity contribution in [3.05, 3.63) is 42.2 Å². The Labute approximate surface area is 111 Å². The van der Waals surface area contributed by atoms with Crippen LogP contribution in [0.15, 0.2) is 41.1 Å². The van der Waals surface area contributed by atoms with Gasteiger partial charge < -0.3 is 10.3 Å². The molecule has 0 spiro atoms. The van der Waals surface area contributed by atoms with Gasteiger partial charge in [-0.25, -0.2) is 0 Å². The van der Waals surface area contributed by atoms with Gasteiger partial charge in [0.25, 0.3) is 0 Å². The van der Waals surface area contributed by atoms with E-state index in [0.29, 0.717) is 17.3 Å². The minimum Gasteiger partial charge on any atom is -0.380 e. The zero-order chi connectivity index (χ0) is 13.4. The molecule has 4 nitrogen and oxygen atoms in total. The van der Waals surface area contributed by atoms with Crippen LogP contribution in [0.1, 0.15) is 25.5 Å². The van der Waals surface area contributed by atoms with Gasteiger partial charge in [0.2, 0.25) is 0 Å². The highest BCUT2D eigenvalue weighted by Gasteiger charge is 2.08. The second kappa shape index (κ2) is 4.39.